The predicted molar refractivity (Wildman–Crippen MR) is 69.2 cm³/mol. The molecule has 2 aliphatic rings. The smallest absolute Gasteiger partial charge is 0.0332 e. The van der Waals surface area contributed by atoms with Crippen LogP contribution in [-0.2, 0) is 0 Å². The normalized spacial score (nSPS) is 48.0. The van der Waals surface area contributed by atoms with Crippen molar-refractivity contribution in [2.45, 2.75) is 52.0 Å². The molecule has 0 radical (unpaired) electrons. The molecule has 0 spiro atoms. The average molecular weight is 224 g/mol. The van der Waals surface area contributed by atoms with Crippen molar-refractivity contribution in [2.75, 3.05) is 13.1 Å². The second kappa shape index (κ2) is 4.66. The fraction of sp³-hybridized carbons (Fsp3) is 1.00. The molecule has 2 heteroatoms. The van der Waals surface area contributed by atoms with Crippen LogP contribution in [0.2, 0.25) is 0 Å². The summed E-state index contributed by atoms with van der Waals surface area (Å²) in [5.74, 6) is 3.44. The zero-order valence-electron chi connectivity index (χ0n) is 11.1. The highest BCUT2D eigenvalue weighted by molar-refractivity contribution is 4.99. The summed E-state index contributed by atoms with van der Waals surface area (Å²) < 4.78 is 0. The largest absolute Gasteiger partial charge is 0.329 e. The Hall–Kier alpha value is -0.0800. The molecule has 2 fully saturated rings. The van der Waals surface area contributed by atoms with Crippen LogP contribution in [0.15, 0.2) is 0 Å². The first kappa shape index (κ1) is 12.4. The van der Waals surface area contributed by atoms with Gasteiger partial charge in [-0.1, -0.05) is 27.2 Å². The van der Waals surface area contributed by atoms with E-state index in [1.807, 2.05) is 0 Å². The Labute approximate surface area is 100 Å². The van der Waals surface area contributed by atoms with Crippen LogP contribution in [-0.4, -0.2) is 18.6 Å². The standard InChI is InChI=1S/C14H28N2/c1-10-4-5-12(3)14(7-10,9-15)16-8-13-6-11(13)2/h10-13,16H,4-9,15H2,1-3H3. The minimum atomic E-state index is 0.236. The summed E-state index contributed by atoms with van der Waals surface area (Å²) in [7, 11) is 0. The van der Waals surface area contributed by atoms with Crippen LogP contribution in [0.25, 0.3) is 0 Å². The molecular weight excluding hydrogens is 196 g/mol. The first-order chi connectivity index (χ1) is 7.57. The van der Waals surface area contributed by atoms with Crippen molar-refractivity contribution >= 4 is 0 Å². The topological polar surface area (TPSA) is 38.0 Å². The lowest BCUT2D eigenvalue weighted by Gasteiger charge is -2.45. The SMILES string of the molecule is CC1CCC(C)C(CN)(NCC2CC2C)C1. The van der Waals surface area contributed by atoms with Crippen LogP contribution in [0.4, 0.5) is 0 Å². The van der Waals surface area contributed by atoms with Crippen LogP contribution in [0, 0.1) is 23.7 Å². The van der Waals surface area contributed by atoms with E-state index in [0.717, 1.165) is 30.2 Å². The lowest BCUT2D eigenvalue weighted by atomic mass is 9.69. The summed E-state index contributed by atoms with van der Waals surface area (Å²) in [6.07, 6.45) is 5.40. The van der Waals surface area contributed by atoms with Gasteiger partial charge in [0.05, 0.1) is 0 Å². The van der Waals surface area contributed by atoms with E-state index in [1.54, 1.807) is 0 Å². The van der Waals surface area contributed by atoms with Gasteiger partial charge in [-0.15, -0.1) is 0 Å². The van der Waals surface area contributed by atoms with Gasteiger partial charge in [0.2, 0.25) is 0 Å². The Balaban J connectivity index is 1.92. The van der Waals surface area contributed by atoms with Crippen molar-refractivity contribution in [3.63, 3.8) is 0 Å². The van der Waals surface area contributed by atoms with Gasteiger partial charge in [0.1, 0.15) is 0 Å². The van der Waals surface area contributed by atoms with E-state index in [4.69, 9.17) is 5.73 Å². The van der Waals surface area contributed by atoms with Crippen LogP contribution in [0.5, 0.6) is 0 Å². The third-order valence-electron chi connectivity index (χ3n) is 5.11. The van der Waals surface area contributed by atoms with Crippen molar-refractivity contribution < 1.29 is 0 Å². The summed E-state index contributed by atoms with van der Waals surface area (Å²) in [4.78, 5) is 0. The summed E-state index contributed by atoms with van der Waals surface area (Å²) in [5.41, 5.74) is 6.31. The van der Waals surface area contributed by atoms with Crippen molar-refractivity contribution in [3.05, 3.63) is 0 Å². The van der Waals surface area contributed by atoms with Crippen molar-refractivity contribution in [3.8, 4) is 0 Å². The van der Waals surface area contributed by atoms with Crippen LogP contribution < -0.4 is 11.1 Å². The van der Waals surface area contributed by atoms with Crippen molar-refractivity contribution in [1.82, 2.24) is 5.32 Å². The monoisotopic (exact) mass is 224 g/mol. The summed E-state index contributed by atoms with van der Waals surface area (Å²) in [6.45, 7) is 9.10. The minimum Gasteiger partial charge on any atom is -0.329 e. The molecule has 0 amide bonds. The van der Waals surface area contributed by atoms with Crippen LogP contribution in [0.1, 0.15) is 46.5 Å². The average Bonchev–Trinajstić information content (AvgIpc) is 2.96. The van der Waals surface area contributed by atoms with Gasteiger partial charge in [-0.05, 0) is 49.5 Å². The molecule has 2 rings (SSSR count). The van der Waals surface area contributed by atoms with Gasteiger partial charge in [-0.25, -0.2) is 0 Å². The van der Waals surface area contributed by atoms with Gasteiger partial charge in [-0.3, -0.25) is 0 Å². The van der Waals surface area contributed by atoms with Gasteiger partial charge >= 0.3 is 0 Å². The van der Waals surface area contributed by atoms with Gasteiger partial charge < -0.3 is 11.1 Å². The van der Waals surface area contributed by atoms with Crippen molar-refractivity contribution in [1.29, 1.82) is 0 Å². The molecular formula is C14H28N2. The van der Waals surface area contributed by atoms with Crippen LogP contribution in [0.3, 0.4) is 0 Å². The summed E-state index contributed by atoms with van der Waals surface area (Å²) in [5, 5.41) is 3.83. The third kappa shape index (κ3) is 2.43. The first-order valence-electron chi connectivity index (χ1n) is 7.02. The van der Waals surface area contributed by atoms with Gasteiger partial charge in [-0.2, -0.15) is 0 Å². The molecule has 5 unspecified atom stereocenters. The highest BCUT2D eigenvalue weighted by atomic mass is 15.0. The zero-order valence-corrected chi connectivity index (χ0v) is 11.1. The Kier molecular flexibility index (Phi) is 3.60. The molecule has 94 valence electrons. The fourth-order valence-electron chi connectivity index (χ4n) is 3.36. The third-order valence-corrected chi connectivity index (χ3v) is 5.11. The minimum absolute atomic E-state index is 0.236. The summed E-state index contributed by atoms with van der Waals surface area (Å²) in [6, 6.07) is 0. The van der Waals surface area contributed by atoms with E-state index in [0.29, 0.717) is 0 Å². The molecule has 0 aromatic heterocycles. The van der Waals surface area contributed by atoms with Crippen LogP contribution >= 0.6 is 0 Å². The molecule has 2 nitrogen and oxygen atoms in total. The molecule has 0 heterocycles. The van der Waals surface area contributed by atoms with Gasteiger partial charge in [0.15, 0.2) is 0 Å². The second-order valence-corrected chi connectivity index (χ2v) is 6.50. The molecule has 0 aromatic carbocycles. The molecule has 2 saturated carbocycles. The van der Waals surface area contributed by atoms with E-state index in [-0.39, 0.29) is 5.54 Å². The maximum Gasteiger partial charge on any atom is 0.0332 e. The highest BCUT2D eigenvalue weighted by Crippen LogP contribution is 2.40. The number of rotatable bonds is 4. The van der Waals surface area contributed by atoms with E-state index < -0.39 is 0 Å². The quantitative estimate of drug-likeness (QED) is 0.769. The number of nitrogens with one attached hydrogen (secondary N) is 1. The molecule has 0 aliphatic heterocycles. The summed E-state index contributed by atoms with van der Waals surface area (Å²) >= 11 is 0. The lowest BCUT2D eigenvalue weighted by Crippen LogP contribution is -2.59. The Morgan fingerprint density at radius 3 is 2.50 bits per heavy atom. The number of hydrogen-bond acceptors (Lipinski definition) is 2. The Morgan fingerprint density at radius 2 is 1.94 bits per heavy atom. The first-order valence-corrected chi connectivity index (χ1v) is 7.02. The lowest BCUT2D eigenvalue weighted by molar-refractivity contribution is 0.125. The molecule has 16 heavy (non-hydrogen) atoms. The fourth-order valence-corrected chi connectivity index (χ4v) is 3.36. The van der Waals surface area contributed by atoms with Gasteiger partial charge in [0.25, 0.3) is 0 Å². The van der Waals surface area contributed by atoms with E-state index in [2.05, 4.69) is 26.1 Å². The molecule has 0 bridgehead atoms. The molecule has 3 N–H and O–H groups in total. The Morgan fingerprint density at radius 1 is 1.25 bits per heavy atom. The van der Waals surface area contributed by atoms with Crippen molar-refractivity contribution in [2.24, 2.45) is 29.4 Å². The van der Waals surface area contributed by atoms with E-state index in [1.165, 1.54) is 32.2 Å². The molecule has 0 aromatic rings. The number of hydrogen-bond donors (Lipinski definition) is 2. The molecule has 2 aliphatic carbocycles. The maximum atomic E-state index is 6.07. The second-order valence-electron chi connectivity index (χ2n) is 6.50. The molecule has 0 saturated heterocycles. The van der Waals surface area contributed by atoms with E-state index in [9.17, 15) is 0 Å². The number of nitrogens with two attached hydrogens (primary N) is 1. The predicted octanol–water partition coefficient (Wildman–Crippen LogP) is 2.39. The van der Waals surface area contributed by atoms with Gasteiger partial charge in [0, 0.05) is 12.1 Å². The highest BCUT2D eigenvalue weighted by Gasteiger charge is 2.41. The molecule has 5 atom stereocenters. The maximum absolute atomic E-state index is 6.07. The zero-order chi connectivity index (χ0) is 11.8. The van der Waals surface area contributed by atoms with E-state index >= 15 is 0 Å². The Bertz CT molecular complexity index is 241.